The van der Waals surface area contributed by atoms with Gasteiger partial charge in [-0.05, 0) is 146 Å². The molecular weight excluding hydrogens is 624 g/mol. The van der Waals surface area contributed by atoms with E-state index < -0.39 is 5.97 Å². The lowest BCUT2D eigenvalue weighted by Crippen LogP contribution is -2.66. The fourth-order valence-corrected chi connectivity index (χ4v) is 13.4. The van der Waals surface area contributed by atoms with Crippen molar-refractivity contribution in [2.24, 2.45) is 56.7 Å². The number of amides is 1. The topological polar surface area (TPSA) is 95.9 Å². The van der Waals surface area contributed by atoms with Crippen LogP contribution in [0.4, 0.5) is 0 Å². The lowest BCUT2D eigenvalue weighted by molar-refractivity contribution is -0.225. The maximum Gasteiger partial charge on any atom is 0.317 e. The number of rotatable bonds is 11. The van der Waals surface area contributed by atoms with Crippen LogP contribution in [0.5, 0.6) is 5.75 Å². The number of aliphatic carboxylic acids is 1. The number of allylic oxidation sites excluding steroid dienone is 3. The Balaban J connectivity index is 1.28. The van der Waals surface area contributed by atoms with Crippen LogP contribution in [0.3, 0.4) is 0 Å². The maximum absolute atomic E-state index is 14.4. The molecule has 0 spiro atoms. The number of likely N-dealkylation sites (N-methyl/N-ethyl adjacent to an activating group) is 1. The van der Waals surface area contributed by atoms with Crippen molar-refractivity contribution in [1.29, 1.82) is 0 Å². The van der Waals surface area contributed by atoms with Crippen LogP contribution in [0.2, 0.25) is 0 Å². The van der Waals surface area contributed by atoms with Crippen molar-refractivity contribution in [2.75, 3.05) is 26.2 Å². The van der Waals surface area contributed by atoms with Crippen LogP contribution in [0.1, 0.15) is 112 Å². The highest BCUT2D eigenvalue weighted by atomic mass is 16.5. The van der Waals surface area contributed by atoms with Gasteiger partial charge in [0, 0.05) is 13.1 Å². The molecule has 9 atom stereocenters. The summed E-state index contributed by atoms with van der Waals surface area (Å²) in [5.41, 5.74) is 4.00. The van der Waals surface area contributed by atoms with E-state index in [0.717, 1.165) is 32.1 Å². The highest BCUT2D eigenvalue weighted by Gasteiger charge is 2.71. The summed E-state index contributed by atoms with van der Waals surface area (Å²) < 4.78 is 5.08. The van der Waals surface area contributed by atoms with Crippen molar-refractivity contribution >= 4 is 23.9 Å². The van der Waals surface area contributed by atoms with Gasteiger partial charge in [-0.15, -0.1) is 0 Å². The van der Waals surface area contributed by atoms with Gasteiger partial charge >= 0.3 is 5.97 Å². The standard InChI is InChI=1S/C43H62N2O5/c1-9-45(26-36(47)48)25-24-44-38(49)43-21-16-31(28(2)3)37(43)33-14-15-35-40(6)19-17-32(29-10-12-30(13-11-29)50-27-46)39(4,5)34(40)18-20-42(35,8)41(33,7)22-23-43/h10-13,17,27,31,33-35,37H,2,9,14-16,18-26H2,1,3-8H3,(H,44,49)(H,47,48)/t31-,33+,34-,35+,37+,40-,41+,42+,43-/m0/s1. The molecule has 0 aromatic heterocycles. The average Bonchev–Trinajstić information content (AvgIpc) is 3.46. The van der Waals surface area contributed by atoms with Gasteiger partial charge in [0.1, 0.15) is 5.75 Å². The summed E-state index contributed by atoms with van der Waals surface area (Å²) in [7, 11) is 0. The van der Waals surface area contributed by atoms with E-state index in [2.05, 4.69) is 71.6 Å². The molecule has 5 aliphatic carbocycles. The van der Waals surface area contributed by atoms with E-state index in [0.29, 0.717) is 61.4 Å². The van der Waals surface area contributed by atoms with E-state index in [9.17, 15) is 19.5 Å². The van der Waals surface area contributed by atoms with Crippen LogP contribution in [-0.4, -0.2) is 54.5 Å². The molecule has 0 unspecified atom stereocenters. The molecule has 50 heavy (non-hydrogen) atoms. The summed E-state index contributed by atoms with van der Waals surface area (Å²) in [4.78, 5) is 38.5. The number of benzene rings is 1. The molecule has 5 aliphatic rings. The minimum absolute atomic E-state index is 0.00286. The molecule has 4 saturated carbocycles. The van der Waals surface area contributed by atoms with Crippen LogP contribution >= 0.6 is 0 Å². The van der Waals surface area contributed by atoms with Crippen molar-refractivity contribution in [3.63, 3.8) is 0 Å². The molecular formula is C43H62N2O5. The van der Waals surface area contributed by atoms with Crippen LogP contribution < -0.4 is 10.1 Å². The van der Waals surface area contributed by atoms with E-state index in [1.807, 2.05) is 24.0 Å². The monoisotopic (exact) mass is 686 g/mol. The van der Waals surface area contributed by atoms with Crippen LogP contribution in [0.15, 0.2) is 42.5 Å². The van der Waals surface area contributed by atoms with Crippen molar-refractivity contribution < 1.29 is 24.2 Å². The highest BCUT2D eigenvalue weighted by Crippen LogP contribution is 2.77. The second kappa shape index (κ2) is 13.2. The third-order valence-corrected chi connectivity index (χ3v) is 16.0. The van der Waals surface area contributed by atoms with Gasteiger partial charge in [0.05, 0.1) is 12.0 Å². The van der Waals surface area contributed by atoms with Gasteiger partial charge in [0.25, 0.3) is 6.47 Å². The van der Waals surface area contributed by atoms with Gasteiger partial charge in [-0.2, -0.15) is 0 Å². The predicted octanol–water partition coefficient (Wildman–Crippen LogP) is 8.40. The molecule has 1 aromatic carbocycles. The molecule has 7 nitrogen and oxygen atoms in total. The van der Waals surface area contributed by atoms with Gasteiger partial charge in [-0.1, -0.05) is 71.9 Å². The van der Waals surface area contributed by atoms with Gasteiger partial charge in [0.2, 0.25) is 5.91 Å². The Bertz CT molecular complexity index is 1530. The first-order valence-electron chi connectivity index (χ1n) is 19.4. The Morgan fingerprint density at radius 3 is 2.34 bits per heavy atom. The molecule has 7 heteroatoms. The Morgan fingerprint density at radius 2 is 1.70 bits per heavy atom. The molecule has 4 fully saturated rings. The minimum atomic E-state index is -0.832. The fraction of sp³-hybridized carbons (Fsp3) is 0.698. The van der Waals surface area contributed by atoms with Gasteiger partial charge in [0.15, 0.2) is 0 Å². The molecule has 1 amide bonds. The average molecular weight is 687 g/mol. The number of carbonyl (C=O) groups is 3. The first kappa shape index (κ1) is 36.8. The molecule has 0 radical (unpaired) electrons. The van der Waals surface area contributed by atoms with Crippen molar-refractivity contribution in [1.82, 2.24) is 10.2 Å². The number of fused-ring (bicyclic) bond motifs is 7. The van der Waals surface area contributed by atoms with Gasteiger partial charge < -0.3 is 15.2 Å². The quantitative estimate of drug-likeness (QED) is 0.179. The number of carboxylic acids is 1. The lowest BCUT2D eigenvalue weighted by Gasteiger charge is -2.72. The Morgan fingerprint density at radius 1 is 0.980 bits per heavy atom. The normalized spacial score (nSPS) is 38.5. The second-order valence-corrected chi connectivity index (χ2v) is 18.1. The van der Waals surface area contributed by atoms with Crippen molar-refractivity contribution in [2.45, 2.75) is 106 Å². The third kappa shape index (κ3) is 5.60. The molecule has 0 aliphatic heterocycles. The summed E-state index contributed by atoms with van der Waals surface area (Å²) in [6.45, 7) is 23.6. The molecule has 0 bridgehead atoms. The summed E-state index contributed by atoms with van der Waals surface area (Å²) in [5, 5.41) is 12.6. The molecule has 1 aromatic rings. The fourth-order valence-electron chi connectivity index (χ4n) is 13.4. The molecule has 6 rings (SSSR count). The number of nitrogens with zero attached hydrogens (tertiary/aromatic N) is 1. The minimum Gasteiger partial charge on any atom is -0.480 e. The summed E-state index contributed by atoms with van der Waals surface area (Å²) >= 11 is 0. The number of carboxylic acid groups (broad SMARTS) is 1. The number of hydrogen-bond acceptors (Lipinski definition) is 5. The lowest BCUT2D eigenvalue weighted by atomic mass is 9.32. The predicted molar refractivity (Wildman–Crippen MR) is 198 cm³/mol. The summed E-state index contributed by atoms with van der Waals surface area (Å²) in [5.74, 6) is 2.23. The SMILES string of the molecule is C=C(C)[C@@H]1CC[C@]2(C(=O)NCCN(CC)CC(=O)O)CC[C@]3(C)[C@H](CC[C@@H]4[C@@]5(C)CC=C(c6ccc(OC=O)cc6)C(C)(C)[C@@H]5CC[C@]43C)[C@@H]12. The number of hydrogen-bond donors (Lipinski definition) is 2. The zero-order valence-corrected chi connectivity index (χ0v) is 31.8. The van der Waals surface area contributed by atoms with Crippen LogP contribution in [0.25, 0.3) is 5.57 Å². The zero-order valence-electron chi connectivity index (χ0n) is 31.8. The van der Waals surface area contributed by atoms with E-state index in [4.69, 9.17) is 4.74 Å². The molecule has 0 heterocycles. The largest absolute Gasteiger partial charge is 0.480 e. The number of nitrogens with one attached hydrogen (secondary N) is 1. The van der Waals surface area contributed by atoms with Crippen molar-refractivity contribution in [3.05, 3.63) is 48.1 Å². The molecule has 2 N–H and O–H groups in total. The molecule has 274 valence electrons. The highest BCUT2D eigenvalue weighted by molar-refractivity contribution is 5.84. The Hall–Kier alpha value is -2.93. The van der Waals surface area contributed by atoms with E-state index >= 15 is 0 Å². The van der Waals surface area contributed by atoms with E-state index in [-0.39, 0.29) is 39.5 Å². The van der Waals surface area contributed by atoms with Gasteiger partial charge in [-0.25, -0.2) is 0 Å². The Kier molecular flexibility index (Phi) is 9.76. The van der Waals surface area contributed by atoms with E-state index in [1.165, 1.54) is 42.4 Å². The van der Waals surface area contributed by atoms with Crippen LogP contribution in [0, 0.1) is 56.7 Å². The Labute approximate surface area is 300 Å². The smallest absolute Gasteiger partial charge is 0.317 e. The first-order chi connectivity index (χ1) is 23.6. The number of carbonyl (C=O) groups excluding carboxylic acids is 2. The summed E-state index contributed by atoms with van der Waals surface area (Å²) in [6, 6.07) is 8.01. The van der Waals surface area contributed by atoms with Crippen molar-refractivity contribution in [3.8, 4) is 5.75 Å². The second-order valence-electron chi connectivity index (χ2n) is 18.1. The van der Waals surface area contributed by atoms with Gasteiger partial charge in [-0.3, -0.25) is 19.3 Å². The van der Waals surface area contributed by atoms with Crippen LogP contribution in [-0.2, 0) is 14.4 Å². The first-order valence-corrected chi connectivity index (χ1v) is 19.4. The maximum atomic E-state index is 14.4. The number of ether oxygens (including phenoxy) is 1. The van der Waals surface area contributed by atoms with E-state index in [1.54, 1.807) is 0 Å². The summed E-state index contributed by atoms with van der Waals surface area (Å²) in [6.07, 6.45) is 12.4. The third-order valence-electron chi connectivity index (χ3n) is 16.0. The molecule has 0 saturated heterocycles. The zero-order chi connectivity index (χ0) is 36.3.